The van der Waals surface area contributed by atoms with E-state index in [1.807, 2.05) is 36.1 Å². The molecule has 7 heteroatoms. The van der Waals surface area contributed by atoms with E-state index in [9.17, 15) is 4.79 Å². The molecule has 0 saturated carbocycles. The first kappa shape index (κ1) is 19.6. The van der Waals surface area contributed by atoms with E-state index in [2.05, 4.69) is 20.9 Å². The van der Waals surface area contributed by atoms with Gasteiger partial charge in [-0.15, -0.1) is 0 Å². The van der Waals surface area contributed by atoms with Crippen molar-refractivity contribution in [3.63, 3.8) is 0 Å². The van der Waals surface area contributed by atoms with Crippen molar-refractivity contribution in [2.24, 2.45) is 0 Å². The van der Waals surface area contributed by atoms with Crippen LogP contribution in [0.25, 0.3) is 11.3 Å². The van der Waals surface area contributed by atoms with Gasteiger partial charge >= 0.3 is 0 Å². The lowest BCUT2D eigenvalue weighted by Gasteiger charge is -2.35. The third-order valence-electron chi connectivity index (χ3n) is 5.27. The lowest BCUT2D eigenvalue weighted by molar-refractivity contribution is -0.131. The first-order chi connectivity index (χ1) is 14.6. The van der Waals surface area contributed by atoms with E-state index in [1.54, 1.807) is 24.5 Å². The summed E-state index contributed by atoms with van der Waals surface area (Å²) in [6.07, 6.45) is 4.21. The molecule has 3 heterocycles. The Balaban J connectivity index is 1.28. The highest BCUT2D eigenvalue weighted by molar-refractivity contribution is 5.76. The predicted octanol–water partition coefficient (Wildman–Crippen LogP) is 3.20. The number of hydrogen-bond donors (Lipinski definition) is 0. The molecule has 0 N–H and O–H groups in total. The van der Waals surface area contributed by atoms with E-state index in [1.165, 1.54) is 5.56 Å². The van der Waals surface area contributed by atoms with Gasteiger partial charge in [-0.1, -0.05) is 29.8 Å². The monoisotopic (exact) mass is 401 g/mol. The van der Waals surface area contributed by atoms with Gasteiger partial charge in [0.25, 0.3) is 0 Å². The fourth-order valence-electron chi connectivity index (χ4n) is 3.49. The Morgan fingerprint density at radius 1 is 1.13 bits per heavy atom. The van der Waals surface area contributed by atoms with E-state index in [0.717, 1.165) is 17.1 Å². The number of aryl methyl sites for hydroxylation is 2. The van der Waals surface area contributed by atoms with Crippen molar-refractivity contribution in [1.29, 1.82) is 5.26 Å². The zero-order valence-electron chi connectivity index (χ0n) is 16.9. The normalized spacial score (nSPS) is 13.9. The summed E-state index contributed by atoms with van der Waals surface area (Å²) >= 11 is 0. The fourth-order valence-corrected chi connectivity index (χ4v) is 3.49. The molecule has 1 amide bonds. The van der Waals surface area contributed by atoms with Crippen LogP contribution in [0.5, 0.6) is 0 Å². The summed E-state index contributed by atoms with van der Waals surface area (Å²) in [4.78, 5) is 25.2. The number of oxazole rings is 1. The average Bonchev–Trinajstić information content (AvgIpc) is 3.27. The van der Waals surface area contributed by atoms with Crippen molar-refractivity contribution in [3.8, 4) is 17.4 Å². The number of aromatic nitrogens is 2. The molecule has 30 heavy (non-hydrogen) atoms. The molecular formula is C23H23N5O2. The Labute approximate surface area is 175 Å². The highest BCUT2D eigenvalue weighted by Gasteiger charge is 2.22. The molecule has 1 aliphatic rings. The SMILES string of the molecule is Cc1ccc(-c2cnc(CCC(=O)N3CCN(c4cc(C#N)ccn4)CC3)o2)cc1. The second-order valence-electron chi connectivity index (χ2n) is 7.37. The van der Waals surface area contributed by atoms with Crippen LogP contribution >= 0.6 is 0 Å². The number of anilines is 1. The quantitative estimate of drug-likeness (QED) is 0.653. The van der Waals surface area contributed by atoms with Crippen LogP contribution in [0, 0.1) is 18.3 Å². The molecular weight excluding hydrogens is 378 g/mol. The Hall–Kier alpha value is -3.66. The molecule has 1 aliphatic heterocycles. The number of rotatable bonds is 5. The molecule has 1 aromatic carbocycles. The largest absolute Gasteiger partial charge is 0.441 e. The predicted molar refractivity (Wildman–Crippen MR) is 113 cm³/mol. The summed E-state index contributed by atoms with van der Waals surface area (Å²) in [6.45, 7) is 4.71. The Morgan fingerprint density at radius 3 is 2.63 bits per heavy atom. The van der Waals surface area contributed by atoms with Crippen LogP contribution in [0.1, 0.15) is 23.4 Å². The summed E-state index contributed by atoms with van der Waals surface area (Å²) in [5, 5.41) is 9.04. The number of amides is 1. The van der Waals surface area contributed by atoms with E-state index >= 15 is 0 Å². The smallest absolute Gasteiger partial charge is 0.223 e. The molecule has 2 aromatic heterocycles. The van der Waals surface area contributed by atoms with Gasteiger partial charge in [-0.25, -0.2) is 9.97 Å². The number of hydrogen-bond acceptors (Lipinski definition) is 6. The van der Waals surface area contributed by atoms with E-state index < -0.39 is 0 Å². The third kappa shape index (κ3) is 4.49. The second kappa shape index (κ2) is 8.78. The van der Waals surface area contributed by atoms with E-state index in [0.29, 0.717) is 50.5 Å². The number of nitrogens with zero attached hydrogens (tertiary/aromatic N) is 5. The average molecular weight is 401 g/mol. The lowest BCUT2D eigenvalue weighted by Crippen LogP contribution is -2.49. The van der Waals surface area contributed by atoms with Crippen LogP contribution in [0.15, 0.2) is 53.2 Å². The molecule has 1 fully saturated rings. The van der Waals surface area contributed by atoms with Gasteiger partial charge in [0.1, 0.15) is 5.82 Å². The van der Waals surface area contributed by atoms with E-state index in [-0.39, 0.29) is 5.91 Å². The molecule has 3 aromatic rings. The molecule has 0 aliphatic carbocycles. The molecule has 0 bridgehead atoms. The summed E-state index contributed by atoms with van der Waals surface area (Å²) in [5.41, 5.74) is 2.77. The van der Waals surface area contributed by atoms with Crippen LogP contribution < -0.4 is 4.90 Å². The number of carbonyl (C=O) groups is 1. The zero-order valence-corrected chi connectivity index (χ0v) is 16.9. The Kier molecular flexibility index (Phi) is 5.75. The minimum Gasteiger partial charge on any atom is -0.441 e. The topological polar surface area (TPSA) is 86.3 Å². The van der Waals surface area contributed by atoms with Gasteiger partial charge in [-0.2, -0.15) is 5.26 Å². The number of benzene rings is 1. The van der Waals surface area contributed by atoms with Gasteiger partial charge in [0.05, 0.1) is 17.8 Å². The van der Waals surface area contributed by atoms with Gasteiger partial charge in [-0.3, -0.25) is 4.79 Å². The van der Waals surface area contributed by atoms with Crippen molar-refractivity contribution in [3.05, 3.63) is 65.8 Å². The fraction of sp³-hybridized carbons (Fsp3) is 0.304. The minimum absolute atomic E-state index is 0.100. The number of carbonyl (C=O) groups excluding carboxylic acids is 1. The maximum Gasteiger partial charge on any atom is 0.223 e. The maximum absolute atomic E-state index is 12.6. The van der Waals surface area contributed by atoms with Gasteiger partial charge in [-0.05, 0) is 19.1 Å². The molecule has 152 valence electrons. The zero-order chi connectivity index (χ0) is 20.9. The Bertz CT molecular complexity index is 1060. The van der Waals surface area contributed by atoms with Crippen molar-refractivity contribution in [2.75, 3.05) is 31.1 Å². The van der Waals surface area contributed by atoms with Gasteiger partial charge in [0, 0.05) is 50.8 Å². The lowest BCUT2D eigenvalue weighted by atomic mass is 10.1. The number of piperazine rings is 1. The van der Waals surface area contributed by atoms with Crippen molar-refractivity contribution >= 4 is 11.7 Å². The standard InChI is InChI=1S/C23H23N5O2/c1-17-2-4-19(5-3-17)20-16-26-22(30-20)6-7-23(29)28-12-10-27(11-13-28)21-14-18(15-24)8-9-25-21/h2-5,8-9,14,16H,6-7,10-13H2,1H3. The van der Waals surface area contributed by atoms with Crippen LogP contribution in [0.4, 0.5) is 5.82 Å². The van der Waals surface area contributed by atoms with Crippen molar-refractivity contribution in [1.82, 2.24) is 14.9 Å². The molecule has 7 nitrogen and oxygen atoms in total. The minimum atomic E-state index is 0.100. The third-order valence-corrected chi connectivity index (χ3v) is 5.27. The molecule has 4 rings (SSSR count). The van der Waals surface area contributed by atoms with E-state index in [4.69, 9.17) is 9.68 Å². The first-order valence-electron chi connectivity index (χ1n) is 10.0. The number of pyridine rings is 1. The highest BCUT2D eigenvalue weighted by atomic mass is 16.4. The van der Waals surface area contributed by atoms with Crippen LogP contribution in [0.2, 0.25) is 0 Å². The molecule has 1 saturated heterocycles. The summed E-state index contributed by atoms with van der Waals surface area (Å²) in [7, 11) is 0. The Morgan fingerprint density at radius 2 is 1.90 bits per heavy atom. The van der Waals surface area contributed by atoms with Crippen molar-refractivity contribution < 1.29 is 9.21 Å². The molecule has 0 unspecified atom stereocenters. The molecule has 0 radical (unpaired) electrons. The molecule has 0 spiro atoms. The van der Waals surface area contributed by atoms with Crippen LogP contribution in [-0.2, 0) is 11.2 Å². The van der Waals surface area contributed by atoms with Gasteiger partial charge in [0.2, 0.25) is 5.91 Å². The van der Waals surface area contributed by atoms with Crippen LogP contribution in [-0.4, -0.2) is 47.0 Å². The van der Waals surface area contributed by atoms with Gasteiger partial charge < -0.3 is 14.2 Å². The maximum atomic E-state index is 12.6. The van der Waals surface area contributed by atoms with Crippen molar-refractivity contribution in [2.45, 2.75) is 19.8 Å². The number of nitriles is 1. The van der Waals surface area contributed by atoms with Crippen LogP contribution in [0.3, 0.4) is 0 Å². The first-order valence-corrected chi connectivity index (χ1v) is 10.0. The molecule has 0 atom stereocenters. The highest BCUT2D eigenvalue weighted by Crippen LogP contribution is 2.21. The summed E-state index contributed by atoms with van der Waals surface area (Å²) in [6, 6.07) is 13.7. The summed E-state index contributed by atoms with van der Waals surface area (Å²) < 4.78 is 5.82. The second-order valence-corrected chi connectivity index (χ2v) is 7.37. The summed E-state index contributed by atoms with van der Waals surface area (Å²) in [5.74, 6) is 2.18. The van der Waals surface area contributed by atoms with Gasteiger partial charge in [0.15, 0.2) is 11.7 Å².